The van der Waals surface area contributed by atoms with Gasteiger partial charge >= 0.3 is 0 Å². The monoisotopic (exact) mass is 247 g/mol. The smallest absolute Gasteiger partial charge is 0.223 e. The Kier molecular flexibility index (Phi) is 3.57. The summed E-state index contributed by atoms with van der Waals surface area (Å²) in [4.78, 5) is 8.04. The molecule has 94 valence electrons. The van der Waals surface area contributed by atoms with Crippen LogP contribution >= 0.6 is 0 Å². The van der Waals surface area contributed by atoms with Crippen molar-refractivity contribution in [2.75, 3.05) is 23.4 Å². The van der Waals surface area contributed by atoms with Gasteiger partial charge in [0.2, 0.25) is 5.95 Å². The quantitative estimate of drug-likeness (QED) is 0.768. The van der Waals surface area contributed by atoms with E-state index in [1.54, 1.807) is 25.2 Å². The van der Waals surface area contributed by atoms with Gasteiger partial charge in [-0.1, -0.05) is 12.1 Å². The summed E-state index contributed by atoms with van der Waals surface area (Å²) in [5, 5.41) is 6.00. The molecule has 0 aliphatic carbocycles. The lowest BCUT2D eigenvalue weighted by atomic mass is 10.2. The lowest BCUT2D eigenvalue weighted by Crippen LogP contribution is -2.06. The molecule has 0 radical (unpaired) electrons. The Morgan fingerprint density at radius 1 is 1.17 bits per heavy atom. The number of halogens is 1. The summed E-state index contributed by atoms with van der Waals surface area (Å²) in [6.07, 6.45) is 0. The molecule has 0 aliphatic heterocycles. The molecule has 1 aromatic heterocycles. The number of hydrogen-bond acceptors (Lipinski definition) is 5. The Labute approximate surface area is 104 Å². The molecule has 18 heavy (non-hydrogen) atoms. The van der Waals surface area contributed by atoms with Crippen molar-refractivity contribution in [2.24, 2.45) is 0 Å². The van der Waals surface area contributed by atoms with Crippen molar-refractivity contribution >= 4 is 17.6 Å². The summed E-state index contributed by atoms with van der Waals surface area (Å²) in [5.41, 5.74) is 6.53. The van der Waals surface area contributed by atoms with Crippen LogP contribution in [-0.4, -0.2) is 17.0 Å². The summed E-state index contributed by atoms with van der Waals surface area (Å²) >= 11 is 0. The highest BCUT2D eigenvalue weighted by Gasteiger charge is 2.01. The number of aromatic nitrogens is 2. The molecule has 0 saturated heterocycles. The first-order valence-electron chi connectivity index (χ1n) is 5.48. The van der Waals surface area contributed by atoms with Crippen LogP contribution in [0.1, 0.15) is 5.56 Å². The van der Waals surface area contributed by atoms with E-state index in [1.807, 2.05) is 0 Å². The summed E-state index contributed by atoms with van der Waals surface area (Å²) in [6.45, 7) is 0.542. The molecule has 4 N–H and O–H groups in total. The maximum atomic E-state index is 12.7. The molecule has 0 unspecified atom stereocenters. The zero-order valence-electron chi connectivity index (χ0n) is 9.94. The third-order valence-corrected chi connectivity index (χ3v) is 2.39. The number of rotatable bonds is 4. The maximum absolute atomic E-state index is 12.7. The minimum Gasteiger partial charge on any atom is -0.373 e. The van der Waals surface area contributed by atoms with Gasteiger partial charge in [0.05, 0.1) is 0 Å². The minimum atomic E-state index is -0.248. The second-order valence-corrected chi connectivity index (χ2v) is 3.73. The fourth-order valence-corrected chi connectivity index (χ4v) is 1.48. The summed E-state index contributed by atoms with van der Waals surface area (Å²) in [7, 11) is 1.76. The van der Waals surface area contributed by atoms with Gasteiger partial charge in [-0.25, -0.2) is 4.39 Å². The molecule has 1 heterocycles. The molecule has 0 saturated carbocycles. The zero-order chi connectivity index (χ0) is 13.0. The number of nitrogens with one attached hydrogen (secondary N) is 2. The standard InChI is InChI=1S/C12H14FN5/c1-15-10-6-11(18-12(14)17-10)16-7-8-2-4-9(13)5-3-8/h2-6H,7H2,1H3,(H4,14,15,16,17,18). The van der Waals surface area contributed by atoms with Crippen LogP contribution in [0.4, 0.5) is 22.0 Å². The van der Waals surface area contributed by atoms with Gasteiger partial charge < -0.3 is 16.4 Å². The van der Waals surface area contributed by atoms with Crippen molar-refractivity contribution in [3.05, 3.63) is 41.7 Å². The van der Waals surface area contributed by atoms with E-state index in [0.29, 0.717) is 18.2 Å². The predicted octanol–water partition coefficient (Wildman–Crippen LogP) is 1.85. The number of nitrogens with zero attached hydrogens (tertiary/aromatic N) is 2. The molecule has 5 nitrogen and oxygen atoms in total. The average molecular weight is 247 g/mol. The first kappa shape index (κ1) is 12.1. The highest BCUT2D eigenvalue weighted by Crippen LogP contribution is 2.13. The first-order valence-corrected chi connectivity index (χ1v) is 5.48. The van der Waals surface area contributed by atoms with E-state index in [1.165, 1.54) is 12.1 Å². The molecule has 2 rings (SSSR count). The number of nitrogens with two attached hydrogens (primary N) is 1. The molecule has 0 bridgehead atoms. The van der Waals surface area contributed by atoms with Crippen molar-refractivity contribution in [3.8, 4) is 0 Å². The van der Waals surface area contributed by atoms with Gasteiger partial charge in [0, 0.05) is 19.7 Å². The van der Waals surface area contributed by atoms with Crippen LogP contribution in [0.2, 0.25) is 0 Å². The fraction of sp³-hybridized carbons (Fsp3) is 0.167. The third-order valence-electron chi connectivity index (χ3n) is 2.39. The minimum absolute atomic E-state index is 0.198. The van der Waals surface area contributed by atoms with Crippen molar-refractivity contribution in [3.63, 3.8) is 0 Å². The van der Waals surface area contributed by atoms with Gasteiger partial charge in [0.1, 0.15) is 17.5 Å². The van der Waals surface area contributed by atoms with Crippen molar-refractivity contribution in [1.29, 1.82) is 0 Å². The SMILES string of the molecule is CNc1cc(NCc2ccc(F)cc2)nc(N)n1. The van der Waals surface area contributed by atoms with Crippen LogP contribution in [-0.2, 0) is 6.54 Å². The van der Waals surface area contributed by atoms with Gasteiger partial charge in [0.15, 0.2) is 0 Å². The van der Waals surface area contributed by atoms with Crippen molar-refractivity contribution in [1.82, 2.24) is 9.97 Å². The topological polar surface area (TPSA) is 75.9 Å². The molecule has 0 spiro atoms. The van der Waals surface area contributed by atoms with Crippen molar-refractivity contribution < 1.29 is 4.39 Å². The van der Waals surface area contributed by atoms with Crippen LogP contribution in [0.3, 0.4) is 0 Å². The Hall–Kier alpha value is -2.37. The molecule has 6 heteroatoms. The van der Waals surface area contributed by atoms with E-state index in [9.17, 15) is 4.39 Å². The van der Waals surface area contributed by atoms with Crippen LogP contribution in [0.5, 0.6) is 0 Å². The van der Waals surface area contributed by atoms with Crippen LogP contribution in [0.25, 0.3) is 0 Å². The van der Waals surface area contributed by atoms with E-state index in [2.05, 4.69) is 20.6 Å². The van der Waals surface area contributed by atoms with Crippen LogP contribution < -0.4 is 16.4 Å². The second-order valence-electron chi connectivity index (χ2n) is 3.73. The molecule has 2 aromatic rings. The third kappa shape index (κ3) is 3.07. The van der Waals surface area contributed by atoms with Gasteiger partial charge in [-0.3, -0.25) is 0 Å². The molecule has 1 aromatic carbocycles. The van der Waals surface area contributed by atoms with Gasteiger partial charge in [-0.2, -0.15) is 9.97 Å². The fourth-order valence-electron chi connectivity index (χ4n) is 1.48. The Bertz CT molecular complexity index is 526. The lowest BCUT2D eigenvalue weighted by molar-refractivity contribution is 0.627. The normalized spacial score (nSPS) is 10.1. The largest absolute Gasteiger partial charge is 0.373 e. The van der Waals surface area contributed by atoms with E-state index < -0.39 is 0 Å². The zero-order valence-corrected chi connectivity index (χ0v) is 9.94. The Balaban J connectivity index is 2.05. The predicted molar refractivity (Wildman–Crippen MR) is 69.7 cm³/mol. The summed E-state index contributed by atoms with van der Waals surface area (Å²) in [5.74, 6) is 1.21. The van der Waals surface area contributed by atoms with Gasteiger partial charge in [-0.15, -0.1) is 0 Å². The number of anilines is 3. The van der Waals surface area contributed by atoms with Crippen molar-refractivity contribution in [2.45, 2.75) is 6.54 Å². The molecule has 0 fully saturated rings. The summed E-state index contributed by atoms with van der Waals surface area (Å²) in [6, 6.07) is 8.02. The van der Waals surface area contributed by atoms with E-state index >= 15 is 0 Å². The molecule has 0 atom stereocenters. The molecule has 0 amide bonds. The van der Waals surface area contributed by atoms with E-state index in [0.717, 1.165) is 5.56 Å². The van der Waals surface area contributed by atoms with Gasteiger partial charge in [-0.05, 0) is 17.7 Å². The number of nitrogen functional groups attached to an aromatic ring is 1. The van der Waals surface area contributed by atoms with E-state index in [-0.39, 0.29) is 11.8 Å². The average Bonchev–Trinajstić information content (AvgIpc) is 2.37. The first-order chi connectivity index (χ1) is 8.67. The highest BCUT2D eigenvalue weighted by atomic mass is 19.1. The van der Waals surface area contributed by atoms with Gasteiger partial charge in [0.25, 0.3) is 0 Å². The second kappa shape index (κ2) is 5.31. The molecular formula is C12H14FN5. The molecular weight excluding hydrogens is 233 g/mol. The Morgan fingerprint density at radius 3 is 2.50 bits per heavy atom. The van der Waals surface area contributed by atoms with E-state index in [4.69, 9.17) is 5.73 Å². The van der Waals surface area contributed by atoms with Crippen LogP contribution in [0.15, 0.2) is 30.3 Å². The summed E-state index contributed by atoms with van der Waals surface area (Å²) < 4.78 is 12.7. The van der Waals surface area contributed by atoms with Crippen LogP contribution in [0, 0.1) is 5.82 Å². The Morgan fingerprint density at radius 2 is 1.83 bits per heavy atom. The maximum Gasteiger partial charge on any atom is 0.223 e. The highest BCUT2D eigenvalue weighted by molar-refractivity contribution is 5.50. The number of hydrogen-bond donors (Lipinski definition) is 3. The molecule has 0 aliphatic rings. The lowest BCUT2D eigenvalue weighted by Gasteiger charge is -2.08. The number of benzene rings is 1.